The van der Waals surface area contributed by atoms with Gasteiger partial charge in [-0.2, -0.15) is 0 Å². The molecule has 1 rings (SSSR count). The van der Waals surface area contributed by atoms with Crippen molar-refractivity contribution >= 4 is 21.6 Å². The number of hydrogen-bond donors (Lipinski definition) is 3. The molecule has 1 aromatic carbocycles. The summed E-state index contributed by atoms with van der Waals surface area (Å²) in [5, 5.41) is 11.0. The van der Waals surface area contributed by atoms with Crippen LogP contribution in [0.3, 0.4) is 0 Å². The number of benzene rings is 1. The lowest BCUT2D eigenvalue weighted by Gasteiger charge is -2.09. The first kappa shape index (κ1) is 17.5. The zero-order valence-electron chi connectivity index (χ0n) is 11.7. The van der Waals surface area contributed by atoms with Crippen LogP contribution in [0.2, 0.25) is 0 Å². The predicted octanol–water partition coefficient (Wildman–Crippen LogP) is 1.22. The van der Waals surface area contributed by atoms with Gasteiger partial charge < -0.3 is 10.4 Å². The minimum absolute atomic E-state index is 0.0615. The summed E-state index contributed by atoms with van der Waals surface area (Å²) in [4.78, 5) is 10.4. The van der Waals surface area contributed by atoms with Gasteiger partial charge in [-0.3, -0.25) is 4.79 Å². The maximum atomic E-state index is 13.8. The third kappa shape index (κ3) is 5.78. The number of aliphatic hydroxyl groups is 1. The number of unbranched alkanes of at least 4 members (excludes halogenated alkanes) is 2. The average Bonchev–Trinajstić information content (AvgIpc) is 2.37. The van der Waals surface area contributed by atoms with Crippen molar-refractivity contribution in [1.82, 2.24) is 4.72 Å². The van der Waals surface area contributed by atoms with Crippen LogP contribution in [-0.4, -0.2) is 32.6 Å². The first-order valence-electron chi connectivity index (χ1n) is 6.54. The van der Waals surface area contributed by atoms with Crippen molar-refractivity contribution in [2.75, 3.05) is 18.5 Å². The number of sulfonamides is 1. The summed E-state index contributed by atoms with van der Waals surface area (Å²) < 4.78 is 40.0. The van der Waals surface area contributed by atoms with E-state index in [1.165, 1.54) is 13.0 Å². The van der Waals surface area contributed by atoms with Crippen molar-refractivity contribution in [2.45, 2.75) is 31.1 Å². The molecule has 0 heterocycles. The van der Waals surface area contributed by atoms with Crippen LogP contribution < -0.4 is 10.0 Å². The van der Waals surface area contributed by atoms with Crippen molar-refractivity contribution in [3.8, 4) is 0 Å². The molecule has 21 heavy (non-hydrogen) atoms. The maximum absolute atomic E-state index is 13.8. The van der Waals surface area contributed by atoms with E-state index in [0.717, 1.165) is 12.1 Å². The fourth-order valence-electron chi connectivity index (χ4n) is 1.70. The zero-order valence-corrected chi connectivity index (χ0v) is 12.5. The minimum atomic E-state index is -3.92. The Kier molecular flexibility index (Phi) is 6.73. The maximum Gasteiger partial charge on any atom is 0.243 e. The van der Waals surface area contributed by atoms with Crippen LogP contribution in [0.25, 0.3) is 0 Å². The standard InChI is InChI=1S/C13H19FN2O4S/c1-10(18)16-11-5-6-13(12(14)9-11)21(19,20)15-7-3-2-4-8-17/h5-6,9,15,17H,2-4,7-8H2,1H3,(H,16,18). The number of carbonyl (C=O) groups is 1. The van der Waals surface area contributed by atoms with Crippen LogP contribution in [0.5, 0.6) is 0 Å². The van der Waals surface area contributed by atoms with Gasteiger partial charge in [0.25, 0.3) is 0 Å². The highest BCUT2D eigenvalue weighted by Gasteiger charge is 2.18. The number of halogens is 1. The van der Waals surface area contributed by atoms with E-state index in [0.29, 0.717) is 19.3 Å². The molecule has 0 aliphatic heterocycles. The molecule has 0 spiro atoms. The van der Waals surface area contributed by atoms with E-state index in [4.69, 9.17) is 5.11 Å². The molecule has 1 amide bonds. The highest BCUT2D eigenvalue weighted by atomic mass is 32.2. The summed E-state index contributed by atoms with van der Waals surface area (Å²) in [6, 6.07) is 3.39. The lowest BCUT2D eigenvalue weighted by Crippen LogP contribution is -2.25. The SMILES string of the molecule is CC(=O)Nc1ccc(S(=O)(=O)NCCCCCO)c(F)c1. The Morgan fingerprint density at radius 3 is 2.57 bits per heavy atom. The summed E-state index contributed by atoms with van der Waals surface area (Å²) >= 11 is 0. The van der Waals surface area contributed by atoms with E-state index in [1.807, 2.05) is 0 Å². The Morgan fingerprint density at radius 1 is 1.29 bits per heavy atom. The quantitative estimate of drug-likeness (QED) is 0.628. The lowest BCUT2D eigenvalue weighted by molar-refractivity contribution is -0.114. The highest BCUT2D eigenvalue weighted by Crippen LogP contribution is 2.19. The van der Waals surface area contributed by atoms with Crippen LogP contribution in [0, 0.1) is 5.82 Å². The number of aliphatic hydroxyl groups excluding tert-OH is 1. The molecule has 6 nitrogen and oxygen atoms in total. The fourth-order valence-corrected chi connectivity index (χ4v) is 2.83. The van der Waals surface area contributed by atoms with E-state index in [9.17, 15) is 17.6 Å². The second-order valence-electron chi connectivity index (χ2n) is 4.51. The molecule has 0 fully saturated rings. The van der Waals surface area contributed by atoms with Gasteiger partial charge in [-0.15, -0.1) is 0 Å². The molecule has 0 aliphatic rings. The lowest BCUT2D eigenvalue weighted by atomic mass is 10.2. The van der Waals surface area contributed by atoms with Crippen molar-refractivity contribution < 1.29 is 22.7 Å². The van der Waals surface area contributed by atoms with Crippen molar-refractivity contribution in [3.05, 3.63) is 24.0 Å². The molecule has 8 heteroatoms. The monoisotopic (exact) mass is 318 g/mol. The molecule has 0 saturated carbocycles. The van der Waals surface area contributed by atoms with Gasteiger partial charge in [-0.05, 0) is 37.5 Å². The average molecular weight is 318 g/mol. The highest BCUT2D eigenvalue weighted by molar-refractivity contribution is 7.89. The van der Waals surface area contributed by atoms with E-state index in [2.05, 4.69) is 10.0 Å². The summed E-state index contributed by atoms with van der Waals surface area (Å²) in [7, 11) is -3.92. The number of nitrogens with one attached hydrogen (secondary N) is 2. The Bertz CT molecular complexity index is 590. The molecular formula is C13H19FN2O4S. The van der Waals surface area contributed by atoms with Gasteiger partial charge in [0.1, 0.15) is 10.7 Å². The zero-order chi connectivity index (χ0) is 15.9. The Balaban J connectivity index is 2.72. The fraction of sp³-hybridized carbons (Fsp3) is 0.462. The van der Waals surface area contributed by atoms with Gasteiger partial charge in [0, 0.05) is 25.8 Å². The van der Waals surface area contributed by atoms with Crippen molar-refractivity contribution in [2.24, 2.45) is 0 Å². The van der Waals surface area contributed by atoms with Gasteiger partial charge >= 0.3 is 0 Å². The first-order valence-corrected chi connectivity index (χ1v) is 8.03. The number of amides is 1. The second-order valence-corrected chi connectivity index (χ2v) is 6.24. The summed E-state index contributed by atoms with van der Waals surface area (Å²) in [5.74, 6) is -1.30. The van der Waals surface area contributed by atoms with Crippen LogP contribution in [0.1, 0.15) is 26.2 Å². The number of anilines is 1. The molecule has 118 valence electrons. The van der Waals surface area contributed by atoms with Gasteiger partial charge in [0.15, 0.2) is 0 Å². The normalized spacial score (nSPS) is 11.4. The minimum Gasteiger partial charge on any atom is -0.396 e. The van der Waals surface area contributed by atoms with Gasteiger partial charge in [-0.1, -0.05) is 0 Å². The van der Waals surface area contributed by atoms with Gasteiger partial charge in [-0.25, -0.2) is 17.5 Å². The molecule has 0 saturated heterocycles. The third-order valence-corrected chi connectivity index (χ3v) is 4.16. The van der Waals surface area contributed by atoms with Crippen LogP contribution >= 0.6 is 0 Å². The van der Waals surface area contributed by atoms with Crippen LogP contribution in [0.15, 0.2) is 23.1 Å². The third-order valence-electron chi connectivity index (χ3n) is 2.67. The Labute approximate surface area is 123 Å². The molecule has 0 atom stereocenters. The van der Waals surface area contributed by atoms with Gasteiger partial charge in [0.2, 0.25) is 15.9 Å². The van der Waals surface area contributed by atoms with Crippen LogP contribution in [0.4, 0.5) is 10.1 Å². The second kappa shape index (κ2) is 8.06. The molecule has 0 radical (unpaired) electrons. The molecule has 3 N–H and O–H groups in total. The van der Waals surface area contributed by atoms with Crippen molar-refractivity contribution in [3.63, 3.8) is 0 Å². The number of rotatable bonds is 8. The molecule has 0 aromatic heterocycles. The van der Waals surface area contributed by atoms with Crippen molar-refractivity contribution in [1.29, 1.82) is 0 Å². The topological polar surface area (TPSA) is 95.5 Å². The molecule has 0 unspecified atom stereocenters. The van der Waals surface area contributed by atoms with E-state index < -0.39 is 20.7 Å². The molecule has 0 aliphatic carbocycles. The van der Waals surface area contributed by atoms with Crippen LogP contribution in [-0.2, 0) is 14.8 Å². The predicted molar refractivity (Wildman–Crippen MR) is 76.8 cm³/mol. The largest absolute Gasteiger partial charge is 0.396 e. The molecular weight excluding hydrogens is 299 g/mol. The summed E-state index contributed by atoms with van der Waals surface area (Å²) in [6.07, 6.45) is 1.84. The summed E-state index contributed by atoms with van der Waals surface area (Å²) in [5.41, 5.74) is 0.196. The number of carbonyl (C=O) groups excluding carboxylic acids is 1. The molecule has 0 bridgehead atoms. The molecule has 1 aromatic rings. The van der Waals surface area contributed by atoms with E-state index in [1.54, 1.807) is 0 Å². The summed E-state index contributed by atoms with van der Waals surface area (Å²) in [6.45, 7) is 1.51. The van der Waals surface area contributed by atoms with Gasteiger partial charge in [0.05, 0.1) is 0 Å². The van der Waals surface area contributed by atoms with E-state index >= 15 is 0 Å². The Morgan fingerprint density at radius 2 is 2.00 bits per heavy atom. The van der Waals surface area contributed by atoms with E-state index in [-0.39, 0.29) is 24.7 Å². The number of hydrogen-bond acceptors (Lipinski definition) is 4. The first-order chi connectivity index (χ1) is 9.86. The Hall–Kier alpha value is -1.51. The smallest absolute Gasteiger partial charge is 0.243 e.